The molecule has 0 fully saturated rings. The summed E-state index contributed by atoms with van der Waals surface area (Å²) in [6.45, 7) is 4.21. The van der Waals surface area contributed by atoms with Gasteiger partial charge in [-0.3, -0.25) is 0 Å². The molecule has 0 unspecified atom stereocenters. The first-order valence-electron chi connectivity index (χ1n) is 8.59. The lowest BCUT2D eigenvalue weighted by Crippen LogP contribution is -2.15. The molecule has 2 aromatic carbocycles. The molecular weight excluding hydrogens is 357 g/mol. The van der Waals surface area contributed by atoms with Gasteiger partial charge in [0.2, 0.25) is 0 Å². The predicted molar refractivity (Wildman–Crippen MR) is 105 cm³/mol. The maximum atomic E-state index is 6.23. The Kier molecular flexibility index (Phi) is 8.39. The van der Waals surface area contributed by atoms with E-state index in [0.29, 0.717) is 22.4 Å². The fraction of sp³-hybridized carbons (Fsp3) is 0.400. The van der Waals surface area contributed by atoms with Gasteiger partial charge in [0.05, 0.1) is 7.11 Å². The Morgan fingerprint density at radius 2 is 1.72 bits per heavy atom. The zero-order valence-electron chi connectivity index (χ0n) is 14.8. The molecule has 2 aromatic rings. The highest BCUT2D eigenvalue weighted by atomic mass is 35.5. The smallest absolute Gasteiger partial charge is 0.166 e. The molecule has 0 heterocycles. The van der Waals surface area contributed by atoms with Crippen molar-refractivity contribution in [2.75, 3.05) is 13.7 Å². The molecule has 0 spiro atoms. The monoisotopic (exact) mass is 381 g/mol. The minimum atomic E-state index is 0.293. The molecule has 2 rings (SSSR count). The summed E-state index contributed by atoms with van der Waals surface area (Å²) in [6.07, 6.45) is 3.62. The quantitative estimate of drug-likeness (QED) is 0.522. The van der Waals surface area contributed by atoms with Crippen molar-refractivity contribution in [3.8, 4) is 11.5 Å². The summed E-state index contributed by atoms with van der Waals surface area (Å²) in [4.78, 5) is 0. The molecule has 0 saturated heterocycles. The van der Waals surface area contributed by atoms with Gasteiger partial charge in [0.25, 0.3) is 0 Å². The van der Waals surface area contributed by atoms with Crippen LogP contribution in [0.1, 0.15) is 37.3 Å². The van der Waals surface area contributed by atoms with Gasteiger partial charge in [-0.2, -0.15) is 0 Å². The van der Waals surface area contributed by atoms with Gasteiger partial charge in [0.15, 0.2) is 11.5 Å². The van der Waals surface area contributed by atoms with Crippen LogP contribution in [-0.4, -0.2) is 13.7 Å². The van der Waals surface area contributed by atoms with Crippen molar-refractivity contribution in [2.45, 2.75) is 39.3 Å². The highest BCUT2D eigenvalue weighted by molar-refractivity contribution is 6.35. The standard InChI is InChI=1S/C20H25Cl2NO2/c1-3-4-5-12-23-13-15-8-6-11-19(24-2)20(15)25-14-16-17(21)9-7-10-18(16)22/h6-11,23H,3-5,12-14H2,1-2H3. The molecule has 136 valence electrons. The molecule has 0 aliphatic carbocycles. The Labute approximate surface area is 160 Å². The molecule has 0 amide bonds. The highest BCUT2D eigenvalue weighted by Gasteiger charge is 2.13. The fourth-order valence-corrected chi connectivity index (χ4v) is 3.07. The van der Waals surface area contributed by atoms with E-state index in [-0.39, 0.29) is 0 Å². The maximum absolute atomic E-state index is 6.23. The number of ether oxygens (including phenoxy) is 2. The SMILES string of the molecule is CCCCCNCc1cccc(OC)c1OCc1c(Cl)cccc1Cl. The van der Waals surface area contributed by atoms with E-state index < -0.39 is 0 Å². The van der Waals surface area contributed by atoms with Gasteiger partial charge >= 0.3 is 0 Å². The number of hydrogen-bond acceptors (Lipinski definition) is 3. The molecule has 1 N–H and O–H groups in total. The van der Waals surface area contributed by atoms with Crippen LogP contribution in [0, 0.1) is 0 Å². The number of para-hydroxylation sites is 1. The number of rotatable bonds is 10. The summed E-state index contributed by atoms with van der Waals surface area (Å²) in [6, 6.07) is 11.3. The number of nitrogens with one attached hydrogen (secondary N) is 1. The Morgan fingerprint density at radius 3 is 2.40 bits per heavy atom. The van der Waals surface area contributed by atoms with E-state index in [9.17, 15) is 0 Å². The van der Waals surface area contributed by atoms with Crippen molar-refractivity contribution < 1.29 is 9.47 Å². The first kappa shape index (κ1) is 19.9. The number of benzene rings is 2. The molecule has 0 aromatic heterocycles. The Balaban J connectivity index is 2.09. The number of hydrogen-bond donors (Lipinski definition) is 1. The zero-order valence-corrected chi connectivity index (χ0v) is 16.3. The fourth-order valence-electron chi connectivity index (χ4n) is 2.56. The summed E-state index contributed by atoms with van der Waals surface area (Å²) in [7, 11) is 1.64. The van der Waals surface area contributed by atoms with Gasteiger partial charge in [-0.15, -0.1) is 0 Å². The third-order valence-electron chi connectivity index (χ3n) is 3.98. The summed E-state index contributed by atoms with van der Waals surface area (Å²) in [5, 5.41) is 4.66. The van der Waals surface area contributed by atoms with Crippen molar-refractivity contribution in [2.24, 2.45) is 0 Å². The van der Waals surface area contributed by atoms with Gasteiger partial charge < -0.3 is 14.8 Å². The Bertz CT molecular complexity index is 656. The molecule has 0 aliphatic rings. The number of unbranched alkanes of at least 4 members (excludes halogenated alkanes) is 2. The molecule has 5 heteroatoms. The molecule has 0 radical (unpaired) electrons. The maximum Gasteiger partial charge on any atom is 0.166 e. The van der Waals surface area contributed by atoms with Crippen LogP contribution in [0.15, 0.2) is 36.4 Å². The second kappa shape index (κ2) is 10.5. The van der Waals surface area contributed by atoms with Crippen molar-refractivity contribution in [1.29, 1.82) is 0 Å². The van der Waals surface area contributed by atoms with Crippen molar-refractivity contribution >= 4 is 23.2 Å². The van der Waals surface area contributed by atoms with Gasteiger partial charge in [-0.25, -0.2) is 0 Å². The molecule has 0 atom stereocenters. The topological polar surface area (TPSA) is 30.5 Å². The lowest BCUT2D eigenvalue weighted by atomic mass is 10.1. The summed E-state index contributed by atoms with van der Waals surface area (Å²) in [5.74, 6) is 1.43. The first-order chi connectivity index (χ1) is 12.2. The molecule has 0 bridgehead atoms. The molecule has 0 saturated carbocycles. The van der Waals surface area contributed by atoms with E-state index in [1.165, 1.54) is 19.3 Å². The van der Waals surface area contributed by atoms with Crippen LogP contribution in [0.2, 0.25) is 10.0 Å². The normalized spacial score (nSPS) is 10.7. The van der Waals surface area contributed by atoms with E-state index in [1.807, 2.05) is 36.4 Å². The average Bonchev–Trinajstić information content (AvgIpc) is 2.61. The van der Waals surface area contributed by atoms with Gasteiger partial charge in [-0.1, -0.05) is 61.2 Å². The highest BCUT2D eigenvalue weighted by Crippen LogP contribution is 2.33. The van der Waals surface area contributed by atoms with Crippen LogP contribution < -0.4 is 14.8 Å². The molecule has 0 aliphatic heterocycles. The van der Waals surface area contributed by atoms with E-state index in [1.54, 1.807) is 7.11 Å². The van der Waals surface area contributed by atoms with Crippen LogP contribution in [0.25, 0.3) is 0 Å². The Hall–Kier alpha value is -1.42. The summed E-state index contributed by atoms with van der Waals surface area (Å²) in [5.41, 5.74) is 1.83. The van der Waals surface area contributed by atoms with Gasteiger partial charge in [0, 0.05) is 27.7 Å². The third-order valence-corrected chi connectivity index (χ3v) is 4.68. The van der Waals surface area contributed by atoms with Crippen LogP contribution in [0.3, 0.4) is 0 Å². The van der Waals surface area contributed by atoms with Gasteiger partial charge in [-0.05, 0) is 31.2 Å². The van der Waals surface area contributed by atoms with Crippen LogP contribution in [0.4, 0.5) is 0 Å². The number of halogens is 2. The van der Waals surface area contributed by atoms with Crippen LogP contribution >= 0.6 is 23.2 Å². The minimum absolute atomic E-state index is 0.293. The van der Waals surface area contributed by atoms with E-state index in [4.69, 9.17) is 32.7 Å². The van der Waals surface area contributed by atoms with Crippen molar-refractivity contribution in [3.63, 3.8) is 0 Å². The summed E-state index contributed by atoms with van der Waals surface area (Å²) < 4.78 is 11.5. The molecule has 25 heavy (non-hydrogen) atoms. The lowest BCUT2D eigenvalue weighted by Gasteiger charge is -2.16. The third kappa shape index (κ3) is 5.81. The Morgan fingerprint density at radius 1 is 1.00 bits per heavy atom. The minimum Gasteiger partial charge on any atom is -0.493 e. The second-order valence-corrected chi connectivity index (χ2v) is 6.64. The van der Waals surface area contributed by atoms with Crippen LogP contribution in [-0.2, 0) is 13.2 Å². The largest absolute Gasteiger partial charge is 0.493 e. The second-order valence-electron chi connectivity index (χ2n) is 5.82. The van der Waals surface area contributed by atoms with Crippen molar-refractivity contribution in [3.05, 3.63) is 57.6 Å². The van der Waals surface area contributed by atoms with Crippen LogP contribution in [0.5, 0.6) is 11.5 Å². The van der Waals surface area contributed by atoms with E-state index in [2.05, 4.69) is 12.2 Å². The molecular formula is C20H25Cl2NO2. The van der Waals surface area contributed by atoms with E-state index >= 15 is 0 Å². The predicted octanol–water partition coefficient (Wildman–Crippen LogP) is 5.86. The van der Waals surface area contributed by atoms with E-state index in [0.717, 1.165) is 30.0 Å². The zero-order chi connectivity index (χ0) is 18.1. The molecule has 3 nitrogen and oxygen atoms in total. The average molecular weight is 382 g/mol. The van der Waals surface area contributed by atoms with Gasteiger partial charge in [0.1, 0.15) is 6.61 Å². The number of methoxy groups -OCH3 is 1. The first-order valence-corrected chi connectivity index (χ1v) is 9.35. The lowest BCUT2D eigenvalue weighted by molar-refractivity contribution is 0.281. The summed E-state index contributed by atoms with van der Waals surface area (Å²) >= 11 is 12.5. The van der Waals surface area contributed by atoms with Crippen molar-refractivity contribution in [1.82, 2.24) is 5.32 Å².